The highest BCUT2D eigenvalue weighted by molar-refractivity contribution is 5.91. The Morgan fingerprint density at radius 2 is 1.52 bits per heavy atom. The largest absolute Gasteiger partial charge is 0.494 e. The maximum Gasteiger partial charge on any atom is 0.343 e. The molecule has 1 unspecified atom stereocenters. The first-order chi connectivity index (χ1) is 20.4. The molecule has 1 heterocycles. The van der Waals surface area contributed by atoms with Crippen molar-refractivity contribution in [3.8, 4) is 22.6 Å². The SMILES string of the molecule is C=C1CC(CCCCCCOc2ccc(C(=O)Oc3ccc(-c4ccc(/C=C/C(=O)OCC)cc4)cc3)cc2)OC1=O. The second kappa shape index (κ2) is 15.4. The molecule has 3 aromatic carbocycles. The van der Waals surface area contributed by atoms with Crippen molar-refractivity contribution in [2.75, 3.05) is 13.2 Å². The number of unbranched alkanes of at least 4 members (excludes halogenated alkanes) is 3. The fourth-order valence-electron chi connectivity index (χ4n) is 4.52. The van der Waals surface area contributed by atoms with Crippen LogP contribution in [0.1, 0.15) is 61.4 Å². The van der Waals surface area contributed by atoms with E-state index in [2.05, 4.69) is 6.58 Å². The minimum Gasteiger partial charge on any atom is -0.494 e. The molecular formula is C35H36O7. The van der Waals surface area contributed by atoms with Gasteiger partial charge in [0.05, 0.1) is 18.8 Å². The number of carbonyl (C=O) groups is 3. The van der Waals surface area contributed by atoms with Crippen LogP contribution in [0.2, 0.25) is 0 Å². The fraction of sp³-hybridized carbons (Fsp3) is 0.286. The molecule has 1 fully saturated rings. The highest BCUT2D eigenvalue weighted by atomic mass is 16.6. The van der Waals surface area contributed by atoms with E-state index >= 15 is 0 Å². The topological polar surface area (TPSA) is 88.1 Å². The Labute approximate surface area is 246 Å². The van der Waals surface area contributed by atoms with Crippen molar-refractivity contribution in [2.45, 2.75) is 51.6 Å². The van der Waals surface area contributed by atoms with Crippen molar-refractivity contribution in [3.63, 3.8) is 0 Å². The third-order valence-corrected chi connectivity index (χ3v) is 6.82. The molecule has 0 saturated carbocycles. The van der Waals surface area contributed by atoms with Crippen LogP contribution in [0.5, 0.6) is 11.5 Å². The lowest BCUT2D eigenvalue weighted by molar-refractivity contribution is -0.139. The van der Waals surface area contributed by atoms with Gasteiger partial charge in [-0.05, 0) is 85.4 Å². The molecule has 4 rings (SSSR count). The van der Waals surface area contributed by atoms with E-state index in [1.807, 2.05) is 36.4 Å². The quantitative estimate of drug-likeness (QED) is 0.0869. The normalized spacial score (nSPS) is 14.5. The molecule has 0 aromatic heterocycles. The number of hydrogen-bond acceptors (Lipinski definition) is 7. The van der Waals surface area contributed by atoms with E-state index in [0.29, 0.717) is 42.3 Å². The molecule has 1 aliphatic heterocycles. The minimum absolute atomic E-state index is 0.0102. The van der Waals surface area contributed by atoms with E-state index in [1.165, 1.54) is 6.08 Å². The van der Waals surface area contributed by atoms with Gasteiger partial charge in [0.15, 0.2) is 0 Å². The van der Waals surface area contributed by atoms with E-state index in [-0.39, 0.29) is 18.0 Å². The van der Waals surface area contributed by atoms with Crippen LogP contribution in [0.15, 0.2) is 91.0 Å². The summed E-state index contributed by atoms with van der Waals surface area (Å²) in [6.45, 7) is 6.42. The maximum atomic E-state index is 12.6. The third-order valence-electron chi connectivity index (χ3n) is 6.82. The molecule has 0 amide bonds. The number of cyclic esters (lactones) is 1. The lowest BCUT2D eigenvalue weighted by atomic mass is 10.0. The van der Waals surface area contributed by atoms with Gasteiger partial charge in [-0.25, -0.2) is 14.4 Å². The zero-order valence-corrected chi connectivity index (χ0v) is 23.9. The molecule has 42 heavy (non-hydrogen) atoms. The number of esters is 3. The maximum absolute atomic E-state index is 12.6. The number of ether oxygens (including phenoxy) is 4. The summed E-state index contributed by atoms with van der Waals surface area (Å²) < 4.78 is 21.5. The highest BCUT2D eigenvalue weighted by Gasteiger charge is 2.26. The second-order valence-corrected chi connectivity index (χ2v) is 10.0. The molecular weight excluding hydrogens is 532 g/mol. The molecule has 0 bridgehead atoms. The van der Waals surface area contributed by atoms with Crippen LogP contribution >= 0.6 is 0 Å². The van der Waals surface area contributed by atoms with E-state index in [4.69, 9.17) is 18.9 Å². The van der Waals surface area contributed by atoms with Gasteiger partial charge in [-0.1, -0.05) is 55.8 Å². The van der Waals surface area contributed by atoms with Crippen LogP contribution in [-0.2, 0) is 19.1 Å². The first-order valence-electron chi connectivity index (χ1n) is 14.3. The summed E-state index contributed by atoms with van der Waals surface area (Å²) in [7, 11) is 0. The van der Waals surface area contributed by atoms with Gasteiger partial charge in [0.2, 0.25) is 0 Å². The van der Waals surface area contributed by atoms with Gasteiger partial charge >= 0.3 is 17.9 Å². The molecule has 0 N–H and O–H groups in total. The summed E-state index contributed by atoms with van der Waals surface area (Å²) in [5.41, 5.74) is 3.88. The van der Waals surface area contributed by atoms with Gasteiger partial charge in [0, 0.05) is 18.1 Å². The molecule has 0 aliphatic carbocycles. The molecule has 0 spiro atoms. The Morgan fingerprint density at radius 3 is 2.17 bits per heavy atom. The van der Waals surface area contributed by atoms with Gasteiger partial charge in [-0.15, -0.1) is 0 Å². The van der Waals surface area contributed by atoms with Crippen LogP contribution in [-0.4, -0.2) is 37.2 Å². The Kier molecular flexibility index (Phi) is 11.1. The Balaban J connectivity index is 1.16. The summed E-state index contributed by atoms with van der Waals surface area (Å²) in [6.07, 6.45) is 8.65. The van der Waals surface area contributed by atoms with Crippen molar-refractivity contribution in [2.24, 2.45) is 0 Å². The van der Waals surface area contributed by atoms with E-state index in [0.717, 1.165) is 48.8 Å². The molecule has 218 valence electrons. The minimum atomic E-state index is -0.441. The second-order valence-electron chi connectivity index (χ2n) is 10.0. The summed E-state index contributed by atoms with van der Waals surface area (Å²) in [5, 5.41) is 0. The lowest BCUT2D eigenvalue weighted by Crippen LogP contribution is -2.08. The Morgan fingerprint density at radius 1 is 0.881 bits per heavy atom. The summed E-state index contributed by atoms with van der Waals surface area (Å²) in [6, 6.07) is 22.0. The number of rotatable bonds is 14. The van der Waals surface area contributed by atoms with Gasteiger partial charge in [0.25, 0.3) is 0 Å². The zero-order valence-electron chi connectivity index (χ0n) is 23.9. The number of benzene rings is 3. The van der Waals surface area contributed by atoms with Crippen LogP contribution < -0.4 is 9.47 Å². The molecule has 1 atom stereocenters. The molecule has 1 saturated heterocycles. The average molecular weight is 569 g/mol. The Bertz CT molecular complexity index is 1370. The van der Waals surface area contributed by atoms with Crippen molar-refractivity contribution >= 4 is 24.0 Å². The summed E-state index contributed by atoms with van der Waals surface area (Å²) in [5.74, 6) is 0.0884. The van der Waals surface area contributed by atoms with Gasteiger partial charge in [-0.3, -0.25) is 0 Å². The first-order valence-corrected chi connectivity index (χ1v) is 14.3. The standard InChI is InChI=1S/C35H36O7/c1-3-39-33(36)22-11-26-9-12-27(13-10-26)28-14-20-31(21-15-28)41-35(38)29-16-18-30(19-17-29)40-23-7-5-4-6-8-32-24-25(2)34(37)42-32/h9-22,32H,2-8,23-24H2,1H3/b22-11+. The molecule has 3 aromatic rings. The van der Waals surface area contributed by atoms with E-state index in [9.17, 15) is 14.4 Å². The molecule has 7 heteroatoms. The van der Waals surface area contributed by atoms with Crippen LogP contribution in [0, 0.1) is 0 Å². The van der Waals surface area contributed by atoms with Crippen molar-refractivity contribution < 1.29 is 33.3 Å². The van der Waals surface area contributed by atoms with E-state index in [1.54, 1.807) is 49.4 Å². The molecule has 7 nitrogen and oxygen atoms in total. The van der Waals surface area contributed by atoms with Crippen molar-refractivity contribution in [1.29, 1.82) is 0 Å². The highest BCUT2D eigenvalue weighted by Crippen LogP contribution is 2.25. The van der Waals surface area contributed by atoms with E-state index < -0.39 is 5.97 Å². The number of hydrogen-bond donors (Lipinski definition) is 0. The lowest BCUT2D eigenvalue weighted by Gasteiger charge is -2.09. The predicted molar refractivity (Wildman–Crippen MR) is 161 cm³/mol. The smallest absolute Gasteiger partial charge is 0.343 e. The van der Waals surface area contributed by atoms with Gasteiger partial charge in [-0.2, -0.15) is 0 Å². The summed E-state index contributed by atoms with van der Waals surface area (Å²) in [4.78, 5) is 35.5. The molecule has 1 aliphatic rings. The first kappa shape index (κ1) is 30.3. The molecule has 0 radical (unpaired) electrons. The van der Waals surface area contributed by atoms with Crippen LogP contribution in [0.25, 0.3) is 17.2 Å². The third kappa shape index (κ3) is 9.20. The van der Waals surface area contributed by atoms with Crippen molar-refractivity contribution in [3.05, 3.63) is 102 Å². The fourth-order valence-corrected chi connectivity index (χ4v) is 4.52. The average Bonchev–Trinajstić information content (AvgIpc) is 3.33. The Hall–Kier alpha value is -4.65. The van der Waals surface area contributed by atoms with Gasteiger partial charge < -0.3 is 18.9 Å². The predicted octanol–water partition coefficient (Wildman–Crippen LogP) is 7.35. The van der Waals surface area contributed by atoms with Crippen molar-refractivity contribution in [1.82, 2.24) is 0 Å². The van der Waals surface area contributed by atoms with Crippen LogP contribution in [0.4, 0.5) is 0 Å². The number of carbonyl (C=O) groups excluding carboxylic acids is 3. The zero-order chi connectivity index (χ0) is 29.7. The summed E-state index contributed by atoms with van der Waals surface area (Å²) >= 11 is 0. The van der Waals surface area contributed by atoms with Crippen LogP contribution in [0.3, 0.4) is 0 Å². The monoisotopic (exact) mass is 568 g/mol. The van der Waals surface area contributed by atoms with Gasteiger partial charge in [0.1, 0.15) is 17.6 Å².